The van der Waals surface area contributed by atoms with Crippen molar-refractivity contribution >= 4 is 40.1 Å². The molecule has 0 saturated heterocycles. The minimum Gasteiger partial charge on any atom is -0.354 e. The normalized spacial score (nSPS) is 11.2. The van der Waals surface area contributed by atoms with E-state index in [2.05, 4.69) is 50.0 Å². The molecule has 0 unspecified atom stereocenters. The fraction of sp³-hybridized carbons (Fsp3) is 0.308. The molecule has 0 fully saturated rings. The molecule has 0 bridgehead atoms. The van der Waals surface area contributed by atoms with E-state index in [1.165, 1.54) is 0 Å². The third kappa shape index (κ3) is 6.56. The molecule has 2 heterocycles. The zero-order chi connectivity index (χ0) is 26.5. The Labute approximate surface area is 213 Å². The van der Waals surface area contributed by atoms with Crippen LogP contribution in [0, 0.1) is 18.6 Å². The molecule has 4 rings (SSSR count). The van der Waals surface area contributed by atoms with Gasteiger partial charge in [-0.3, -0.25) is 4.79 Å². The molecule has 194 valence electrons. The van der Waals surface area contributed by atoms with E-state index in [-0.39, 0.29) is 5.56 Å². The zero-order valence-electron chi connectivity index (χ0n) is 21.3. The molecule has 1 amide bonds. The number of halogens is 2. The van der Waals surface area contributed by atoms with Crippen LogP contribution in [0.4, 0.5) is 31.9 Å². The Kier molecular flexibility index (Phi) is 7.92. The summed E-state index contributed by atoms with van der Waals surface area (Å²) in [6, 6.07) is 7.96. The summed E-state index contributed by atoms with van der Waals surface area (Å²) in [5, 5.41) is 14.5. The molecule has 2 aromatic heterocycles. The van der Waals surface area contributed by atoms with Crippen LogP contribution in [-0.4, -0.2) is 57.7 Å². The van der Waals surface area contributed by atoms with E-state index >= 15 is 0 Å². The number of nitrogens with zero attached hydrogens (tertiary/aromatic N) is 5. The second-order valence-electron chi connectivity index (χ2n) is 9.11. The molecule has 0 radical (unpaired) electrons. The molecular weight excluding hydrogens is 478 g/mol. The lowest BCUT2D eigenvalue weighted by Gasteiger charge is -2.12. The number of nitrogens with one attached hydrogen (secondary N) is 3. The van der Waals surface area contributed by atoms with Gasteiger partial charge in [0.15, 0.2) is 11.5 Å². The molecule has 0 aliphatic heterocycles. The van der Waals surface area contributed by atoms with Gasteiger partial charge in [0.25, 0.3) is 5.91 Å². The van der Waals surface area contributed by atoms with E-state index in [9.17, 15) is 13.6 Å². The van der Waals surface area contributed by atoms with Crippen LogP contribution in [0.2, 0.25) is 0 Å². The predicted octanol–water partition coefficient (Wildman–Crippen LogP) is 4.70. The maximum atomic E-state index is 13.5. The summed E-state index contributed by atoms with van der Waals surface area (Å²) in [7, 11) is 5.92. The van der Waals surface area contributed by atoms with Gasteiger partial charge in [-0.2, -0.15) is 10.1 Å². The predicted molar refractivity (Wildman–Crippen MR) is 141 cm³/mol. The highest BCUT2D eigenvalue weighted by molar-refractivity contribution is 6.04. The maximum absolute atomic E-state index is 13.5. The minimum atomic E-state index is -0.816. The van der Waals surface area contributed by atoms with Gasteiger partial charge < -0.3 is 20.9 Å². The number of unbranched alkanes of at least 4 members (excludes halogenated alkanes) is 1. The summed E-state index contributed by atoms with van der Waals surface area (Å²) in [6.45, 7) is 3.73. The van der Waals surface area contributed by atoms with Crippen LogP contribution in [0.1, 0.15) is 28.8 Å². The Hall–Kier alpha value is -4.12. The summed E-state index contributed by atoms with van der Waals surface area (Å²) < 4.78 is 28.7. The van der Waals surface area contributed by atoms with Gasteiger partial charge in [0.1, 0.15) is 11.6 Å². The Morgan fingerprint density at radius 2 is 1.84 bits per heavy atom. The van der Waals surface area contributed by atoms with Gasteiger partial charge in [-0.15, -0.1) is 0 Å². The van der Waals surface area contributed by atoms with Gasteiger partial charge in [0.05, 0.1) is 5.39 Å². The van der Waals surface area contributed by atoms with Crippen molar-refractivity contribution in [1.29, 1.82) is 0 Å². The van der Waals surface area contributed by atoms with Crippen molar-refractivity contribution in [3.63, 3.8) is 0 Å². The molecule has 0 aliphatic rings. The Morgan fingerprint density at radius 3 is 2.57 bits per heavy atom. The molecule has 2 aromatic carbocycles. The van der Waals surface area contributed by atoms with Crippen molar-refractivity contribution in [2.24, 2.45) is 7.05 Å². The summed E-state index contributed by atoms with van der Waals surface area (Å²) >= 11 is 0. The van der Waals surface area contributed by atoms with E-state index in [1.807, 2.05) is 20.0 Å². The molecule has 0 saturated carbocycles. The van der Waals surface area contributed by atoms with Gasteiger partial charge in [0.2, 0.25) is 5.95 Å². The lowest BCUT2D eigenvalue weighted by Crippen LogP contribution is -2.14. The van der Waals surface area contributed by atoms with Gasteiger partial charge in [-0.25, -0.2) is 18.4 Å². The lowest BCUT2D eigenvalue weighted by molar-refractivity contribution is 0.102. The first kappa shape index (κ1) is 26.0. The summed E-state index contributed by atoms with van der Waals surface area (Å²) in [4.78, 5) is 23.7. The molecule has 4 aromatic rings. The summed E-state index contributed by atoms with van der Waals surface area (Å²) in [5.41, 5.74) is 2.63. The lowest BCUT2D eigenvalue weighted by atomic mass is 10.1. The van der Waals surface area contributed by atoms with Crippen LogP contribution in [-0.2, 0) is 7.05 Å². The zero-order valence-corrected chi connectivity index (χ0v) is 21.3. The first-order valence-corrected chi connectivity index (χ1v) is 11.9. The number of benzene rings is 2. The number of rotatable bonds is 10. The van der Waals surface area contributed by atoms with Gasteiger partial charge in [-0.1, -0.05) is 6.07 Å². The number of amides is 1. The number of hydrogen-bond acceptors (Lipinski definition) is 7. The number of carbonyl (C=O) groups excluding carboxylic acids is 1. The monoisotopic (exact) mass is 508 g/mol. The first-order chi connectivity index (χ1) is 17.7. The highest BCUT2D eigenvalue weighted by Crippen LogP contribution is 2.28. The van der Waals surface area contributed by atoms with Crippen molar-refractivity contribution in [3.05, 3.63) is 65.4 Å². The highest BCUT2D eigenvalue weighted by Gasteiger charge is 2.14. The molecule has 11 heteroatoms. The van der Waals surface area contributed by atoms with Crippen molar-refractivity contribution in [2.75, 3.05) is 43.1 Å². The summed E-state index contributed by atoms with van der Waals surface area (Å²) in [6.07, 6.45) is 3.82. The minimum absolute atomic E-state index is 0.109. The fourth-order valence-electron chi connectivity index (χ4n) is 3.82. The highest BCUT2D eigenvalue weighted by atomic mass is 19.1. The Morgan fingerprint density at radius 1 is 1.08 bits per heavy atom. The van der Waals surface area contributed by atoms with Crippen molar-refractivity contribution in [1.82, 2.24) is 24.6 Å². The molecule has 3 N–H and O–H groups in total. The maximum Gasteiger partial charge on any atom is 0.255 e. The van der Waals surface area contributed by atoms with Gasteiger partial charge in [0, 0.05) is 42.8 Å². The molecular formula is C26H30F2N8O. The third-order valence-electron chi connectivity index (χ3n) is 5.77. The van der Waals surface area contributed by atoms with Gasteiger partial charge >= 0.3 is 0 Å². The van der Waals surface area contributed by atoms with Crippen molar-refractivity contribution in [3.8, 4) is 0 Å². The molecule has 0 atom stereocenters. The largest absolute Gasteiger partial charge is 0.354 e. The first-order valence-electron chi connectivity index (χ1n) is 11.9. The van der Waals surface area contributed by atoms with E-state index in [4.69, 9.17) is 0 Å². The van der Waals surface area contributed by atoms with Crippen LogP contribution in [0.15, 0.2) is 42.6 Å². The van der Waals surface area contributed by atoms with Crippen LogP contribution >= 0.6 is 0 Å². The molecule has 0 aliphatic carbocycles. The average Bonchev–Trinajstić information content (AvgIpc) is 3.14. The van der Waals surface area contributed by atoms with Crippen LogP contribution in [0.25, 0.3) is 11.0 Å². The fourth-order valence-corrected chi connectivity index (χ4v) is 3.82. The van der Waals surface area contributed by atoms with Crippen LogP contribution in [0.5, 0.6) is 0 Å². The quantitative estimate of drug-likeness (QED) is 0.267. The molecule has 9 nitrogen and oxygen atoms in total. The molecule has 0 spiro atoms. The van der Waals surface area contributed by atoms with E-state index < -0.39 is 17.5 Å². The van der Waals surface area contributed by atoms with Crippen LogP contribution < -0.4 is 16.0 Å². The van der Waals surface area contributed by atoms with Crippen molar-refractivity contribution < 1.29 is 13.6 Å². The number of carbonyl (C=O) groups is 1. The topological polar surface area (TPSA) is 100 Å². The van der Waals surface area contributed by atoms with Crippen molar-refractivity contribution in [2.45, 2.75) is 19.8 Å². The number of aryl methyl sites for hydroxylation is 2. The standard InChI is InChI=1S/C26H30F2N8O/c1-16-7-8-20(31-25(37)17-11-18(27)13-19(28)12-17)14-22(16)32-23-21-15-30-26(33-24(21)36(4)34-23)29-9-5-6-10-35(2)3/h7-8,11-15H,5-6,9-10H2,1-4H3,(H,31,37)(H,32,34)(H,29,30,33). The van der Waals surface area contributed by atoms with E-state index in [0.29, 0.717) is 28.8 Å². The average molecular weight is 509 g/mol. The number of aromatic nitrogens is 4. The SMILES string of the molecule is Cc1ccc(NC(=O)c2cc(F)cc(F)c2)cc1Nc1nn(C)c2nc(NCCCCN(C)C)ncc12. The van der Waals surface area contributed by atoms with E-state index in [1.54, 1.807) is 23.0 Å². The Bertz CT molecular complexity index is 1400. The smallest absolute Gasteiger partial charge is 0.255 e. The van der Waals surface area contributed by atoms with E-state index in [0.717, 1.165) is 55.1 Å². The second-order valence-corrected chi connectivity index (χ2v) is 9.11. The number of anilines is 4. The Balaban J connectivity index is 1.48. The number of hydrogen-bond donors (Lipinski definition) is 3. The molecule has 37 heavy (non-hydrogen) atoms. The van der Waals surface area contributed by atoms with Gasteiger partial charge in [-0.05, 0) is 70.2 Å². The number of fused-ring (bicyclic) bond motifs is 1. The third-order valence-corrected chi connectivity index (χ3v) is 5.77. The summed E-state index contributed by atoms with van der Waals surface area (Å²) in [5.74, 6) is -1.14. The second kappa shape index (κ2) is 11.3. The van der Waals surface area contributed by atoms with Crippen LogP contribution in [0.3, 0.4) is 0 Å².